The Bertz CT molecular complexity index is 436. The van der Waals surface area contributed by atoms with Gasteiger partial charge in [-0.3, -0.25) is 0 Å². The van der Waals surface area contributed by atoms with E-state index in [2.05, 4.69) is 23.6 Å². The maximum absolute atomic E-state index is 10.6. The number of rotatable bonds is 2. The van der Waals surface area contributed by atoms with Crippen LogP contribution in [0, 0.1) is 13.8 Å². The summed E-state index contributed by atoms with van der Waals surface area (Å²) in [6.07, 6.45) is 1.84. The molecular formula is C13H18N2O. The van der Waals surface area contributed by atoms with Crippen LogP contribution in [0.15, 0.2) is 30.1 Å². The van der Waals surface area contributed by atoms with Gasteiger partial charge in [0.05, 0.1) is 12.4 Å². The normalized spacial score (nSPS) is 18.4. The van der Waals surface area contributed by atoms with Crippen LogP contribution in [0.2, 0.25) is 0 Å². The van der Waals surface area contributed by atoms with Crippen molar-refractivity contribution in [1.29, 1.82) is 0 Å². The highest BCUT2D eigenvalue weighted by atomic mass is 16.3. The fraction of sp³-hybridized carbons (Fsp3) is 0.385. The van der Waals surface area contributed by atoms with E-state index in [-0.39, 0.29) is 0 Å². The highest BCUT2D eigenvalue weighted by molar-refractivity contribution is 5.41. The van der Waals surface area contributed by atoms with Gasteiger partial charge in [-0.25, -0.2) is 0 Å². The molecule has 3 heteroatoms. The summed E-state index contributed by atoms with van der Waals surface area (Å²) < 4.78 is 0. The molecule has 0 spiro atoms. The van der Waals surface area contributed by atoms with Gasteiger partial charge in [-0.1, -0.05) is 18.2 Å². The van der Waals surface area contributed by atoms with Crippen molar-refractivity contribution in [1.82, 2.24) is 10.6 Å². The van der Waals surface area contributed by atoms with E-state index in [4.69, 9.17) is 0 Å². The summed E-state index contributed by atoms with van der Waals surface area (Å²) in [5, 5.41) is 16.8. The zero-order valence-corrected chi connectivity index (χ0v) is 9.96. The maximum Gasteiger partial charge on any atom is 0.128 e. The third kappa shape index (κ3) is 1.67. The second-order valence-electron chi connectivity index (χ2n) is 4.44. The molecule has 0 radical (unpaired) electrons. The molecule has 1 atom stereocenters. The van der Waals surface area contributed by atoms with Crippen LogP contribution >= 0.6 is 0 Å². The van der Waals surface area contributed by atoms with Gasteiger partial charge in [0.25, 0.3) is 0 Å². The average molecular weight is 218 g/mol. The van der Waals surface area contributed by atoms with Crippen molar-refractivity contribution in [3.63, 3.8) is 0 Å². The molecule has 1 aliphatic rings. The molecule has 1 heterocycles. The maximum atomic E-state index is 10.6. The summed E-state index contributed by atoms with van der Waals surface area (Å²) in [7, 11) is 0. The first kappa shape index (κ1) is 11.0. The minimum Gasteiger partial charge on any atom is -0.379 e. The first-order chi connectivity index (χ1) is 7.53. The third-order valence-electron chi connectivity index (χ3n) is 3.28. The molecule has 3 nitrogen and oxygen atoms in total. The van der Waals surface area contributed by atoms with E-state index in [0.717, 1.165) is 16.8 Å². The molecule has 0 fully saturated rings. The first-order valence-corrected chi connectivity index (χ1v) is 5.50. The minimum absolute atomic E-state index is 0.677. The van der Waals surface area contributed by atoms with Crippen LogP contribution in [0.25, 0.3) is 0 Å². The van der Waals surface area contributed by atoms with Crippen molar-refractivity contribution < 1.29 is 5.11 Å². The van der Waals surface area contributed by atoms with Crippen LogP contribution in [-0.2, 0) is 5.60 Å². The van der Waals surface area contributed by atoms with E-state index < -0.39 is 5.60 Å². The predicted molar refractivity (Wildman–Crippen MR) is 64.7 cm³/mol. The van der Waals surface area contributed by atoms with Crippen molar-refractivity contribution in [2.45, 2.75) is 26.4 Å². The Morgan fingerprint density at radius 3 is 2.69 bits per heavy atom. The van der Waals surface area contributed by atoms with Gasteiger partial charge in [0, 0.05) is 6.20 Å². The molecule has 0 amide bonds. The zero-order valence-electron chi connectivity index (χ0n) is 9.96. The molecule has 0 unspecified atom stereocenters. The Morgan fingerprint density at radius 1 is 1.31 bits per heavy atom. The average Bonchev–Trinajstić information content (AvgIpc) is 2.75. The second kappa shape index (κ2) is 3.83. The molecule has 0 saturated heterocycles. The van der Waals surface area contributed by atoms with Crippen molar-refractivity contribution in [2.75, 3.05) is 6.67 Å². The minimum atomic E-state index is -0.959. The molecule has 1 aromatic carbocycles. The fourth-order valence-corrected chi connectivity index (χ4v) is 2.09. The van der Waals surface area contributed by atoms with Crippen molar-refractivity contribution >= 4 is 0 Å². The topological polar surface area (TPSA) is 44.3 Å². The lowest BCUT2D eigenvalue weighted by Gasteiger charge is -2.27. The van der Waals surface area contributed by atoms with Crippen LogP contribution in [0.3, 0.4) is 0 Å². The summed E-state index contributed by atoms with van der Waals surface area (Å²) in [4.78, 5) is 0. The first-order valence-electron chi connectivity index (χ1n) is 5.50. The lowest BCUT2D eigenvalue weighted by molar-refractivity contribution is 0.0907. The molecule has 0 bridgehead atoms. The van der Waals surface area contributed by atoms with Gasteiger partial charge in [-0.15, -0.1) is 0 Å². The van der Waals surface area contributed by atoms with Gasteiger partial charge in [-0.05, 0) is 37.5 Å². The summed E-state index contributed by atoms with van der Waals surface area (Å²) >= 11 is 0. The molecule has 0 aliphatic carbocycles. The quantitative estimate of drug-likeness (QED) is 0.705. The van der Waals surface area contributed by atoms with Crippen LogP contribution in [-0.4, -0.2) is 11.8 Å². The third-order valence-corrected chi connectivity index (χ3v) is 3.28. The molecule has 16 heavy (non-hydrogen) atoms. The Morgan fingerprint density at radius 2 is 2.06 bits per heavy atom. The van der Waals surface area contributed by atoms with Gasteiger partial charge in [0.1, 0.15) is 5.60 Å². The van der Waals surface area contributed by atoms with Crippen LogP contribution in [0.4, 0.5) is 0 Å². The summed E-state index contributed by atoms with van der Waals surface area (Å²) in [5.74, 6) is 0. The number of benzene rings is 1. The van der Waals surface area contributed by atoms with Crippen molar-refractivity contribution in [2.24, 2.45) is 0 Å². The lowest BCUT2D eigenvalue weighted by atomic mass is 9.87. The molecule has 3 N–H and O–H groups in total. The summed E-state index contributed by atoms with van der Waals surface area (Å²) in [6, 6.07) is 6.02. The standard InChI is InChI=1S/C13H18N2O/c1-9-5-4-6-11(10(9)2)13(3,16)12-7-14-8-15-12/h4-7,14-16H,8H2,1-3H3/t13-/m0/s1. The summed E-state index contributed by atoms with van der Waals surface area (Å²) in [5.41, 5.74) is 3.15. The van der Waals surface area contributed by atoms with Gasteiger partial charge >= 0.3 is 0 Å². The van der Waals surface area contributed by atoms with E-state index >= 15 is 0 Å². The number of aryl methyl sites for hydroxylation is 1. The molecule has 0 aromatic heterocycles. The van der Waals surface area contributed by atoms with E-state index in [1.807, 2.05) is 32.2 Å². The molecule has 86 valence electrons. The lowest BCUT2D eigenvalue weighted by Crippen LogP contribution is -2.31. The van der Waals surface area contributed by atoms with E-state index in [9.17, 15) is 5.11 Å². The second-order valence-corrected chi connectivity index (χ2v) is 4.44. The highest BCUT2D eigenvalue weighted by Gasteiger charge is 2.31. The van der Waals surface area contributed by atoms with E-state index in [1.54, 1.807) is 0 Å². The van der Waals surface area contributed by atoms with Crippen LogP contribution in [0.1, 0.15) is 23.6 Å². The van der Waals surface area contributed by atoms with Crippen LogP contribution in [0.5, 0.6) is 0 Å². The van der Waals surface area contributed by atoms with E-state index in [1.165, 1.54) is 5.56 Å². The monoisotopic (exact) mass is 218 g/mol. The SMILES string of the molecule is Cc1cccc([C@](C)(O)C2=CNCN2)c1C. The largest absolute Gasteiger partial charge is 0.379 e. The highest BCUT2D eigenvalue weighted by Crippen LogP contribution is 2.31. The van der Waals surface area contributed by atoms with E-state index in [0.29, 0.717) is 6.67 Å². The molecule has 2 rings (SSSR count). The zero-order chi connectivity index (χ0) is 11.8. The molecular weight excluding hydrogens is 200 g/mol. The van der Waals surface area contributed by atoms with Gasteiger partial charge in [0.15, 0.2) is 0 Å². The van der Waals surface area contributed by atoms with Gasteiger partial charge < -0.3 is 15.7 Å². The smallest absolute Gasteiger partial charge is 0.128 e. The van der Waals surface area contributed by atoms with Crippen LogP contribution < -0.4 is 10.6 Å². The summed E-state index contributed by atoms with van der Waals surface area (Å²) in [6.45, 7) is 6.60. The Hall–Kier alpha value is -1.48. The predicted octanol–water partition coefficient (Wildman–Crippen LogP) is 1.50. The Balaban J connectivity index is 2.46. The Labute approximate surface area is 96.2 Å². The van der Waals surface area contributed by atoms with Gasteiger partial charge in [-0.2, -0.15) is 0 Å². The Kier molecular flexibility index (Phi) is 2.64. The number of nitrogens with one attached hydrogen (secondary N) is 2. The fourth-order valence-electron chi connectivity index (χ4n) is 2.09. The van der Waals surface area contributed by atoms with Crippen molar-refractivity contribution in [3.8, 4) is 0 Å². The molecule has 0 saturated carbocycles. The number of hydrogen-bond acceptors (Lipinski definition) is 3. The van der Waals surface area contributed by atoms with Gasteiger partial charge in [0.2, 0.25) is 0 Å². The number of hydrogen-bond donors (Lipinski definition) is 3. The molecule has 1 aliphatic heterocycles. The molecule has 1 aromatic rings. The number of aliphatic hydroxyl groups is 1. The van der Waals surface area contributed by atoms with Crippen molar-refractivity contribution in [3.05, 3.63) is 46.8 Å².